The van der Waals surface area contributed by atoms with Crippen LogP contribution < -0.4 is 0 Å². The molecule has 1 rings (SSSR count). The molecule has 1 aromatic rings. The summed E-state index contributed by atoms with van der Waals surface area (Å²) >= 11 is 0. The van der Waals surface area contributed by atoms with Crippen molar-refractivity contribution in [2.24, 2.45) is 0 Å². The topological polar surface area (TPSA) is 40.9 Å². The Morgan fingerprint density at radius 2 is 2.25 bits per heavy atom. The van der Waals surface area contributed by atoms with E-state index in [9.17, 15) is 4.79 Å². The number of rotatable bonds is 1. The molecular weight excluding hydrogens is 149 g/mol. The van der Waals surface area contributed by atoms with E-state index in [2.05, 4.69) is 0 Å². The molecule has 2 nitrogen and oxygen atoms in total. The van der Waals surface area contributed by atoms with Crippen LogP contribution in [0.15, 0.2) is 18.2 Å². The fraction of sp³-hybridized carbons (Fsp3) is 0.111. The smallest absolute Gasteiger partial charge is 0.175 e. The van der Waals surface area contributed by atoms with Gasteiger partial charge in [0.2, 0.25) is 0 Å². The Kier molecular flexibility index (Phi) is 2.30. The van der Waals surface area contributed by atoms with Crippen molar-refractivity contribution in [2.75, 3.05) is 0 Å². The maximum absolute atomic E-state index is 10.7. The molecule has 56 valence electrons. The average molecular weight is 155 g/mol. The van der Waals surface area contributed by atoms with Crippen molar-refractivity contribution in [3.05, 3.63) is 34.9 Å². The Labute approximate surface area is 72.2 Å². The zero-order chi connectivity index (χ0) is 9.14. The molecule has 0 spiro atoms. The molecule has 0 saturated carbocycles. The molecule has 3 heteroatoms. The van der Waals surface area contributed by atoms with Gasteiger partial charge in [-0.25, -0.2) is 0 Å². The lowest BCUT2D eigenvalue weighted by atomic mass is 9.92. The standard InChI is InChI=1S/C9H6BNO/c1-6-2-3-7(9(10)12)4-8(6)5-11/h2-4H,1H3. The Bertz CT molecular complexity index is 365. The van der Waals surface area contributed by atoms with Crippen molar-refractivity contribution in [2.45, 2.75) is 6.92 Å². The van der Waals surface area contributed by atoms with Gasteiger partial charge in [-0.05, 0) is 18.6 Å². The van der Waals surface area contributed by atoms with E-state index >= 15 is 0 Å². The van der Waals surface area contributed by atoms with Gasteiger partial charge in [0, 0.05) is 5.56 Å². The Hall–Kier alpha value is -1.56. The summed E-state index contributed by atoms with van der Waals surface area (Å²) in [5.74, 6) is 0. The molecule has 12 heavy (non-hydrogen) atoms. The zero-order valence-electron chi connectivity index (χ0n) is 6.66. The predicted octanol–water partition coefficient (Wildman–Crippen LogP) is 1.18. The summed E-state index contributed by atoms with van der Waals surface area (Å²) in [5, 5.41) is 8.62. The lowest BCUT2D eigenvalue weighted by Gasteiger charge is -1.99. The minimum absolute atomic E-state index is 0.372. The maximum atomic E-state index is 10.7. The van der Waals surface area contributed by atoms with Crippen molar-refractivity contribution in [1.29, 1.82) is 5.26 Å². The largest absolute Gasteiger partial charge is 0.307 e. The van der Waals surface area contributed by atoms with Gasteiger partial charge in [-0.2, -0.15) is 5.26 Å². The van der Waals surface area contributed by atoms with Gasteiger partial charge in [0.25, 0.3) is 0 Å². The van der Waals surface area contributed by atoms with Gasteiger partial charge in [0.05, 0.1) is 11.6 Å². The number of hydrogen-bond acceptors (Lipinski definition) is 2. The van der Waals surface area contributed by atoms with E-state index < -0.39 is 5.68 Å². The second kappa shape index (κ2) is 3.23. The minimum atomic E-state index is -0.508. The highest BCUT2D eigenvalue weighted by atomic mass is 16.1. The van der Waals surface area contributed by atoms with Crippen molar-refractivity contribution in [1.82, 2.24) is 0 Å². The van der Waals surface area contributed by atoms with Crippen LogP contribution in [-0.4, -0.2) is 13.5 Å². The maximum Gasteiger partial charge on any atom is 0.175 e. The summed E-state index contributed by atoms with van der Waals surface area (Å²) in [6.45, 7) is 1.81. The van der Waals surface area contributed by atoms with E-state index in [1.165, 1.54) is 6.07 Å². The van der Waals surface area contributed by atoms with Crippen LogP contribution in [0.4, 0.5) is 0 Å². The fourth-order valence-electron chi connectivity index (χ4n) is 0.896. The molecule has 0 fully saturated rings. The molecule has 0 unspecified atom stereocenters. The van der Waals surface area contributed by atoms with Crippen LogP contribution in [-0.2, 0) is 0 Å². The van der Waals surface area contributed by atoms with Gasteiger partial charge < -0.3 is 4.79 Å². The monoisotopic (exact) mass is 155 g/mol. The minimum Gasteiger partial charge on any atom is -0.307 e. The van der Waals surface area contributed by atoms with Crippen molar-refractivity contribution < 1.29 is 4.79 Å². The van der Waals surface area contributed by atoms with Crippen molar-refractivity contribution >= 4 is 13.5 Å². The van der Waals surface area contributed by atoms with Gasteiger partial charge >= 0.3 is 0 Å². The van der Waals surface area contributed by atoms with Gasteiger partial charge in [0.1, 0.15) is 5.68 Å². The third kappa shape index (κ3) is 1.54. The zero-order valence-corrected chi connectivity index (χ0v) is 6.66. The molecule has 0 N–H and O–H groups in total. The summed E-state index contributed by atoms with van der Waals surface area (Å²) in [5.41, 5.74) is 1.21. The molecule has 2 radical (unpaired) electrons. The first-order valence-electron chi connectivity index (χ1n) is 3.45. The SMILES string of the molecule is [B]C(=O)c1ccc(C)c(C#N)c1. The van der Waals surface area contributed by atoms with E-state index in [1.807, 2.05) is 13.0 Å². The lowest BCUT2D eigenvalue weighted by molar-refractivity contribution is 0.108. The van der Waals surface area contributed by atoms with Crippen LogP contribution in [0.2, 0.25) is 0 Å². The fourth-order valence-corrected chi connectivity index (χ4v) is 0.896. The number of benzene rings is 1. The lowest BCUT2D eigenvalue weighted by Crippen LogP contribution is -1.98. The first-order valence-corrected chi connectivity index (χ1v) is 3.45. The highest BCUT2D eigenvalue weighted by molar-refractivity contribution is 6.62. The van der Waals surface area contributed by atoms with E-state index in [1.54, 1.807) is 12.1 Å². The number of aryl methyl sites for hydroxylation is 1. The summed E-state index contributed by atoms with van der Waals surface area (Å²) in [4.78, 5) is 10.7. The molecule has 0 amide bonds. The molecule has 0 aliphatic heterocycles. The quantitative estimate of drug-likeness (QED) is 0.571. The summed E-state index contributed by atoms with van der Waals surface area (Å²) < 4.78 is 0. The predicted molar refractivity (Wildman–Crippen MR) is 46.0 cm³/mol. The second-order valence-electron chi connectivity index (χ2n) is 2.51. The normalized spacial score (nSPS) is 9.00. The van der Waals surface area contributed by atoms with Gasteiger partial charge in [-0.3, -0.25) is 0 Å². The van der Waals surface area contributed by atoms with Crippen molar-refractivity contribution in [3.8, 4) is 6.07 Å². The number of nitrogens with zero attached hydrogens (tertiary/aromatic N) is 1. The van der Waals surface area contributed by atoms with Crippen LogP contribution >= 0.6 is 0 Å². The first-order chi connectivity index (χ1) is 5.65. The number of carbonyl (C=O) groups is 1. The third-order valence-corrected chi connectivity index (χ3v) is 1.64. The molecule has 0 bridgehead atoms. The van der Waals surface area contributed by atoms with Crippen LogP contribution in [0.25, 0.3) is 0 Å². The van der Waals surface area contributed by atoms with E-state index in [4.69, 9.17) is 13.1 Å². The molecular formula is C9H6BNO. The Morgan fingerprint density at radius 3 is 2.75 bits per heavy atom. The molecule has 0 heterocycles. The van der Waals surface area contributed by atoms with Gasteiger partial charge in [-0.1, -0.05) is 12.1 Å². The summed E-state index contributed by atoms with van der Waals surface area (Å²) in [7, 11) is 5.04. The van der Waals surface area contributed by atoms with Crippen LogP contribution in [0.5, 0.6) is 0 Å². The van der Waals surface area contributed by atoms with E-state index in [-0.39, 0.29) is 0 Å². The van der Waals surface area contributed by atoms with Gasteiger partial charge in [0.15, 0.2) is 7.85 Å². The third-order valence-electron chi connectivity index (χ3n) is 1.64. The molecule has 1 aromatic carbocycles. The van der Waals surface area contributed by atoms with Crippen molar-refractivity contribution in [3.63, 3.8) is 0 Å². The highest BCUT2D eigenvalue weighted by Crippen LogP contribution is 2.09. The summed E-state index contributed by atoms with van der Waals surface area (Å²) in [6, 6.07) is 6.80. The summed E-state index contributed by atoms with van der Waals surface area (Å²) in [6.07, 6.45) is 0. The Balaban J connectivity index is 3.25. The Morgan fingerprint density at radius 1 is 1.58 bits per heavy atom. The first kappa shape index (κ1) is 8.54. The molecule has 0 atom stereocenters. The molecule has 0 aromatic heterocycles. The van der Waals surface area contributed by atoms with Gasteiger partial charge in [-0.15, -0.1) is 0 Å². The number of hydrogen-bond donors (Lipinski definition) is 0. The van der Waals surface area contributed by atoms with Crippen LogP contribution in [0.1, 0.15) is 21.5 Å². The van der Waals surface area contributed by atoms with E-state index in [0.29, 0.717) is 11.1 Å². The van der Waals surface area contributed by atoms with Crippen LogP contribution in [0.3, 0.4) is 0 Å². The molecule has 0 aliphatic rings. The average Bonchev–Trinajstić information content (AvgIpc) is 2.05. The van der Waals surface area contributed by atoms with Crippen LogP contribution in [0, 0.1) is 18.3 Å². The van der Waals surface area contributed by atoms with E-state index in [0.717, 1.165) is 5.56 Å². The second-order valence-corrected chi connectivity index (χ2v) is 2.51. The number of nitriles is 1. The molecule has 0 aliphatic carbocycles. The molecule has 0 saturated heterocycles. The number of carbonyl (C=O) groups excluding carboxylic acids is 1. The highest BCUT2D eigenvalue weighted by Gasteiger charge is 2.01.